The van der Waals surface area contributed by atoms with Crippen molar-refractivity contribution < 1.29 is 14.6 Å². The number of aliphatic hydroxyl groups is 1. The highest BCUT2D eigenvalue weighted by atomic mass is 35.5. The fourth-order valence-corrected chi connectivity index (χ4v) is 6.04. The Morgan fingerprint density at radius 1 is 1.18 bits per heavy atom. The lowest BCUT2D eigenvalue weighted by molar-refractivity contribution is -0.122. The Morgan fingerprint density at radius 2 is 1.97 bits per heavy atom. The van der Waals surface area contributed by atoms with Gasteiger partial charge in [-0.15, -0.1) is 0 Å². The maximum atomic E-state index is 13.4. The fraction of sp³-hybridized carbons (Fsp3) is 0.438. The summed E-state index contributed by atoms with van der Waals surface area (Å²) in [6.45, 7) is 9.38. The average molecular weight is 548 g/mol. The number of aromatic nitrogens is 1. The van der Waals surface area contributed by atoms with Crippen molar-refractivity contribution in [3.8, 4) is 5.75 Å². The van der Waals surface area contributed by atoms with E-state index in [1.165, 1.54) is 5.56 Å². The van der Waals surface area contributed by atoms with E-state index in [4.69, 9.17) is 16.3 Å². The van der Waals surface area contributed by atoms with Crippen LogP contribution >= 0.6 is 11.6 Å². The largest absolute Gasteiger partial charge is 0.487 e. The number of hydrogen-bond acceptors (Lipinski definition) is 5. The van der Waals surface area contributed by atoms with Crippen LogP contribution in [0.15, 0.2) is 60.8 Å². The van der Waals surface area contributed by atoms with Gasteiger partial charge >= 0.3 is 0 Å². The zero-order valence-corrected chi connectivity index (χ0v) is 23.8. The smallest absolute Gasteiger partial charge is 0.231 e. The molecule has 0 radical (unpaired) electrons. The number of likely N-dealkylation sites (tertiary alicyclic amines) is 1. The highest BCUT2D eigenvalue weighted by molar-refractivity contribution is 6.30. The molecule has 0 aliphatic carbocycles. The fourth-order valence-electron chi connectivity index (χ4n) is 5.91. The quantitative estimate of drug-likeness (QED) is 0.367. The number of rotatable bonds is 8. The number of ether oxygens (including phenoxy) is 1. The molecule has 2 aliphatic heterocycles. The molecule has 3 heterocycles. The van der Waals surface area contributed by atoms with Gasteiger partial charge in [-0.2, -0.15) is 0 Å². The highest BCUT2D eigenvalue weighted by Gasteiger charge is 2.32. The van der Waals surface area contributed by atoms with Crippen LogP contribution in [0.4, 0.5) is 5.69 Å². The summed E-state index contributed by atoms with van der Waals surface area (Å²) in [5.41, 5.74) is 4.12. The van der Waals surface area contributed by atoms with Crippen LogP contribution in [0.25, 0.3) is 0 Å². The van der Waals surface area contributed by atoms with E-state index in [9.17, 15) is 9.90 Å². The molecule has 2 atom stereocenters. The summed E-state index contributed by atoms with van der Waals surface area (Å²) in [4.78, 5) is 22.3. The van der Waals surface area contributed by atoms with Crippen LogP contribution in [0.1, 0.15) is 68.3 Å². The highest BCUT2D eigenvalue weighted by Crippen LogP contribution is 2.41. The van der Waals surface area contributed by atoms with E-state index in [1.54, 1.807) is 0 Å². The molecule has 5 rings (SSSR count). The minimum absolute atomic E-state index is 0.00639. The van der Waals surface area contributed by atoms with Crippen molar-refractivity contribution in [2.75, 3.05) is 31.1 Å². The first kappa shape index (κ1) is 27.6. The maximum absolute atomic E-state index is 13.4. The molecule has 206 valence electrons. The van der Waals surface area contributed by atoms with Crippen LogP contribution in [0.2, 0.25) is 5.02 Å². The maximum Gasteiger partial charge on any atom is 0.231 e. The van der Waals surface area contributed by atoms with E-state index in [-0.39, 0.29) is 17.7 Å². The van der Waals surface area contributed by atoms with E-state index in [2.05, 4.69) is 22.0 Å². The number of benzene rings is 2. The lowest BCUT2D eigenvalue weighted by atomic mass is 9.84. The van der Waals surface area contributed by atoms with Crippen LogP contribution in [0.5, 0.6) is 5.75 Å². The van der Waals surface area contributed by atoms with E-state index in [0.717, 1.165) is 67.2 Å². The third kappa shape index (κ3) is 6.13. The molecule has 6 nitrogen and oxygen atoms in total. The molecule has 0 spiro atoms. The van der Waals surface area contributed by atoms with Gasteiger partial charge < -0.3 is 19.6 Å². The number of carbonyl (C=O) groups is 1. The van der Waals surface area contributed by atoms with Crippen molar-refractivity contribution in [1.82, 2.24) is 9.88 Å². The van der Waals surface area contributed by atoms with Crippen LogP contribution in [0.3, 0.4) is 0 Å². The van der Waals surface area contributed by atoms with Gasteiger partial charge in [0.1, 0.15) is 12.4 Å². The molecule has 0 saturated carbocycles. The minimum Gasteiger partial charge on any atom is -0.487 e. The van der Waals surface area contributed by atoms with Crippen LogP contribution < -0.4 is 9.64 Å². The summed E-state index contributed by atoms with van der Waals surface area (Å²) in [6, 6.07) is 17.7. The van der Waals surface area contributed by atoms with Crippen molar-refractivity contribution in [2.24, 2.45) is 5.92 Å². The summed E-state index contributed by atoms with van der Waals surface area (Å²) in [5.74, 6) is 1.19. The number of halogens is 1. The zero-order chi connectivity index (χ0) is 27.6. The molecule has 1 N–H and O–H groups in total. The first-order valence-corrected chi connectivity index (χ1v) is 14.3. The standard InChI is InChI=1S/C32H38ClN3O3/c1-4-36(25-12-10-24(33)11-13-25)31(37)22-15-18-35(20-22)17-6-8-26-27-7-5-16-34-29(27)21-39-30-14-9-23(19-28(26)30)32(2,3)38/h5,7,9-14,16,19,22,26,38H,4,6,8,15,17-18,20-21H2,1-3H3. The molecule has 2 unspecified atom stereocenters. The number of amides is 1. The SMILES string of the molecule is CCN(C(=O)C1CCN(CCCC2c3cc(C(C)(C)O)ccc3OCc3ncccc32)C1)c1ccc(Cl)cc1. The third-order valence-corrected chi connectivity index (χ3v) is 8.32. The van der Waals surface area contributed by atoms with Gasteiger partial charge in [0.05, 0.1) is 17.2 Å². The van der Waals surface area contributed by atoms with E-state index in [1.807, 2.05) is 74.3 Å². The molecule has 0 bridgehead atoms. The first-order chi connectivity index (χ1) is 18.7. The lowest BCUT2D eigenvalue weighted by Crippen LogP contribution is -2.37. The Balaban J connectivity index is 1.26. The zero-order valence-electron chi connectivity index (χ0n) is 23.1. The van der Waals surface area contributed by atoms with Gasteiger partial charge in [-0.3, -0.25) is 9.78 Å². The minimum atomic E-state index is -0.931. The summed E-state index contributed by atoms with van der Waals surface area (Å²) in [5, 5.41) is 11.3. The predicted molar refractivity (Wildman–Crippen MR) is 155 cm³/mol. The third-order valence-electron chi connectivity index (χ3n) is 8.07. The van der Waals surface area contributed by atoms with Gasteiger partial charge in [-0.05, 0) is 107 Å². The van der Waals surface area contributed by atoms with Crippen molar-refractivity contribution in [3.05, 3.63) is 88.2 Å². The summed E-state index contributed by atoms with van der Waals surface area (Å²) < 4.78 is 6.17. The predicted octanol–water partition coefficient (Wildman–Crippen LogP) is 6.14. The average Bonchev–Trinajstić information content (AvgIpc) is 3.34. The summed E-state index contributed by atoms with van der Waals surface area (Å²) in [6.07, 6.45) is 4.62. The summed E-state index contributed by atoms with van der Waals surface area (Å²) >= 11 is 6.05. The normalized spacial score (nSPS) is 19.1. The van der Waals surface area contributed by atoms with Crippen molar-refractivity contribution in [3.63, 3.8) is 0 Å². The second-order valence-corrected chi connectivity index (χ2v) is 11.6. The van der Waals surface area contributed by atoms with Crippen LogP contribution in [-0.4, -0.2) is 47.1 Å². The van der Waals surface area contributed by atoms with Crippen molar-refractivity contribution in [1.29, 1.82) is 0 Å². The molecule has 1 aromatic heterocycles. The molecule has 39 heavy (non-hydrogen) atoms. The summed E-state index contributed by atoms with van der Waals surface area (Å²) in [7, 11) is 0. The van der Waals surface area contributed by atoms with Gasteiger partial charge in [-0.25, -0.2) is 0 Å². The van der Waals surface area contributed by atoms with E-state index in [0.29, 0.717) is 18.2 Å². The van der Waals surface area contributed by atoms with Crippen LogP contribution in [0, 0.1) is 5.92 Å². The molecule has 2 aromatic carbocycles. The topological polar surface area (TPSA) is 65.9 Å². The lowest BCUT2D eigenvalue weighted by Gasteiger charge is -2.25. The Morgan fingerprint density at radius 3 is 2.72 bits per heavy atom. The Bertz CT molecular complexity index is 1300. The van der Waals surface area contributed by atoms with Crippen molar-refractivity contribution in [2.45, 2.75) is 58.2 Å². The van der Waals surface area contributed by atoms with Gasteiger partial charge in [-0.1, -0.05) is 23.7 Å². The van der Waals surface area contributed by atoms with Gasteiger partial charge in [0.25, 0.3) is 0 Å². The Kier molecular flexibility index (Phi) is 8.27. The van der Waals surface area contributed by atoms with Gasteiger partial charge in [0, 0.05) is 41.5 Å². The molecular formula is C32H38ClN3O3. The number of fused-ring (bicyclic) bond motifs is 2. The number of nitrogens with zero attached hydrogens (tertiary/aromatic N) is 3. The molecule has 7 heteroatoms. The molecule has 1 fully saturated rings. The second-order valence-electron chi connectivity index (χ2n) is 11.2. The second kappa shape index (κ2) is 11.7. The molecule has 2 aliphatic rings. The molecule has 1 amide bonds. The molecule has 1 saturated heterocycles. The Labute approximate surface area is 236 Å². The molecule has 3 aromatic rings. The van der Waals surface area contributed by atoms with Crippen LogP contribution in [-0.2, 0) is 17.0 Å². The van der Waals surface area contributed by atoms with Gasteiger partial charge in [0.15, 0.2) is 0 Å². The Hall–Kier alpha value is -2.93. The number of pyridine rings is 1. The van der Waals surface area contributed by atoms with Gasteiger partial charge in [0.2, 0.25) is 5.91 Å². The molecular weight excluding hydrogens is 510 g/mol. The number of carbonyl (C=O) groups excluding carboxylic acids is 1. The number of anilines is 1. The number of hydrogen-bond donors (Lipinski definition) is 1. The first-order valence-electron chi connectivity index (χ1n) is 14.0. The van der Waals surface area contributed by atoms with E-state index < -0.39 is 5.60 Å². The monoisotopic (exact) mass is 547 g/mol. The van der Waals surface area contributed by atoms with E-state index >= 15 is 0 Å². The van der Waals surface area contributed by atoms with Crippen molar-refractivity contribution >= 4 is 23.2 Å².